The van der Waals surface area contributed by atoms with Crippen molar-refractivity contribution in [1.82, 2.24) is 0 Å². The standard InChI is InChI=1S/C40H64N2.Ni/c1-7-11-15-17-18-22-26-39(40(25-21-16-12-8-2)42-38-30-33(5)29-34(6)31-38)41-37-28-27-35(23-19-13-9-3)36(32-37)24-20-14-10-4;/h27-32H,7-26H2,1-6H3;. The summed E-state index contributed by atoms with van der Waals surface area (Å²) in [6.07, 6.45) is 24.9. The first-order chi connectivity index (χ1) is 20.5. The number of aryl methyl sites for hydroxylation is 4. The Kier molecular flexibility index (Phi) is 22.5. The number of unbranched alkanes of at least 4 members (excludes halogenated alkanes) is 12. The third-order valence-electron chi connectivity index (χ3n) is 8.39. The van der Waals surface area contributed by atoms with Gasteiger partial charge < -0.3 is 0 Å². The molecule has 244 valence electrons. The molecular formula is C40H64N2Ni. The van der Waals surface area contributed by atoms with Gasteiger partial charge >= 0.3 is 0 Å². The Morgan fingerprint density at radius 3 is 1.47 bits per heavy atom. The zero-order valence-corrected chi connectivity index (χ0v) is 29.8. The van der Waals surface area contributed by atoms with Crippen LogP contribution in [0.2, 0.25) is 0 Å². The molecule has 0 saturated carbocycles. The van der Waals surface area contributed by atoms with Gasteiger partial charge in [-0.05, 0) is 112 Å². The van der Waals surface area contributed by atoms with Gasteiger partial charge in [0.1, 0.15) is 0 Å². The Hall–Kier alpha value is -1.73. The predicted octanol–water partition coefficient (Wildman–Crippen LogP) is 13.3. The summed E-state index contributed by atoms with van der Waals surface area (Å²) >= 11 is 0. The van der Waals surface area contributed by atoms with Crippen LogP contribution in [0.4, 0.5) is 11.4 Å². The Labute approximate surface area is 277 Å². The molecule has 2 nitrogen and oxygen atoms in total. The normalized spacial score (nSPS) is 12.0. The minimum atomic E-state index is 0. The van der Waals surface area contributed by atoms with Gasteiger partial charge in [-0.25, -0.2) is 0 Å². The third kappa shape index (κ3) is 16.8. The van der Waals surface area contributed by atoms with Crippen molar-refractivity contribution in [3.05, 3.63) is 58.7 Å². The summed E-state index contributed by atoms with van der Waals surface area (Å²) < 4.78 is 0. The molecule has 0 spiro atoms. The summed E-state index contributed by atoms with van der Waals surface area (Å²) in [6.45, 7) is 13.5. The van der Waals surface area contributed by atoms with Crippen LogP contribution >= 0.6 is 0 Å². The van der Waals surface area contributed by atoms with Crippen LogP contribution in [-0.4, -0.2) is 11.4 Å². The maximum atomic E-state index is 5.45. The summed E-state index contributed by atoms with van der Waals surface area (Å²) in [5, 5.41) is 0. The summed E-state index contributed by atoms with van der Waals surface area (Å²) in [7, 11) is 0. The molecule has 2 aromatic carbocycles. The molecule has 0 N–H and O–H groups in total. The largest absolute Gasteiger partial charge is 0.252 e. The number of nitrogens with zero attached hydrogens (tertiary/aromatic N) is 2. The van der Waals surface area contributed by atoms with Gasteiger partial charge in [0.25, 0.3) is 0 Å². The van der Waals surface area contributed by atoms with E-state index >= 15 is 0 Å². The fraction of sp³-hybridized carbons (Fsp3) is 0.650. The maximum absolute atomic E-state index is 5.45. The van der Waals surface area contributed by atoms with Gasteiger partial charge in [-0.15, -0.1) is 0 Å². The van der Waals surface area contributed by atoms with Gasteiger partial charge in [0, 0.05) is 16.5 Å². The average Bonchev–Trinajstić information content (AvgIpc) is 2.96. The third-order valence-corrected chi connectivity index (χ3v) is 8.39. The van der Waals surface area contributed by atoms with Crippen molar-refractivity contribution in [2.45, 2.75) is 170 Å². The van der Waals surface area contributed by atoms with Crippen molar-refractivity contribution in [3.8, 4) is 0 Å². The molecule has 0 amide bonds. The van der Waals surface area contributed by atoms with Crippen LogP contribution < -0.4 is 0 Å². The maximum Gasteiger partial charge on any atom is 0.0639 e. The molecule has 2 rings (SSSR count). The van der Waals surface area contributed by atoms with E-state index in [0.717, 1.165) is 24.2 Å². The first-order valence-electron chi connectivity index (χ1n) is 17.9. The first kappa shape index (κ1) is 39.3. The second-order valence-electron chi connectivity index (χ2n) is 12.7. The molecule has 0 heterocycles. The summed E-state index contributed by atoms with van der Waals surface area (Å²) in [6, 6.07) is 13.8. The fourth-order valence-corrected chi connectivity index (χ4v) is 5.94. The van der Waals surface area contributed by atoms with E-state index in [-0.39, 0.29) is 16.5 Å². The molecule has 43 heavy (non-hydrogen) atoms. The van der Waals surface area contributed by atoms with Crippen molar-refractivity contribution < 1.29 is 16.5 Å². The Morgan fingerprint density at radius 1 is 0.465 bits per heavy atom. The van der Waals surface area contributed by atoms with Crippen LogP contribution in [0.25, 0.3) is 0 Å². The minimum absolute atomic E-state index is 0. The van der Waals surface area contributed by atoms with Gasteiger partial charge in [-0.2, -0.15) is 0 Å². The Morgan fingerprint density at radius 2 is 0.907 bits per heavy atom. The van der Waals surface area contributed by atoms with Gasteiger partial charge in [-0.3, -0.25) is 9.98 Å². The van der Waals surface area contributed by atoms with Crippen LogP contribution in [0.15, 0.2) is 46.4 Å². The molecule has 0 saturated heterocycles. The SMILES string of the molecule is CCCCCCCCC(=Nc1ccc(CCCCC)c(CCCCC)c1)C(CCCCCC)=Nc1cc(C)cc(C)c1.[Ni]. The topological polar surface area (TPSA) is 24.7 Å². The Bertz CT molecular complexity index is 1050. The molecule has 0 aliphatic carbocycles. The van der Waals surface area contributed by atoms with Gasteiger partial charge in [0.15, 0.2) is 0 Å². The van der Waals surface area contributed by atoms with Gasteiger partial charge in [-0.1, -0.05) is 117 Å². The molecule has 0 atom stereocenters. The number of benzene rings is 2. The molecule has 0 fully saturated rings. The Balaban J connectivity index is 0.00000924. The zero-order chi connectivity index (χ0) is 30.4. The molecule has 3 heteroatoms. The zero-order valence-electron chi connectivity index (χ0n) is 28.8. The van der Waals surface area contributed by atoms with Crippen molar-refractivity contribution >= 4 is 22.8 Å². The molecule has 0 radical (unpaired) electrons. The number of aliphatic imine (C=N–C) groups is 2. The van der Waals surface area contributed by atoms with E-state index in [1.807, 2.05) is 0 Å². The molecule has 0 aliphatic rings. The minimum Gasteiger partial charge on any atom is -0.252 e. The summed E-state index contributed by atoms with van der Waals surface area (Å²) in [5.41, 5.74) is 10.3. The van der Waals surface area contributed by atoms with Crippen molar-refractivity contribution in [2.75, 3.05) is 0 Å². The van der Waals surface area contributed by atoms with Crippen molar-refractivity contribution in [3.63, 3.8) is 0 Å². The van der Waals surface area contributed by atoms with E-state index < -0.39 is 0 Å². The van der Waals surface area contributed by atoms with Gasteiger partial charge in [0.2, 0.25) is 0 Å². The van der Waals surface area contributed by atoms with Crippen LogP contribution in [-0.2, 0) is 29.3 Å². The van der Waals surface area contributed by atoms with E-state index in [0.29, 0.717) is 0 Å². The van der Waals surface area contributed by atoms with Crippen LogP contribution in [0.3, 0.4) is 0 Å². The monoisotopic (exact) mass is 630 g/mol. The van der Waals surface area contributed by atoms with Crippen LogP contribution in [0.5, 0.6) is 0 Å². The molecule has 2 aromatic rings. The van der Waals surface area contributed by atoms with Crippen molar-refractivity contribution in [2.24, 2.45) is 9.98 Å². The predicted molar refractivity (Wildman–Crippen MR) is 190 cm³/mol. The second-order valence-corrected chi connectivity index (χ2v) is 12.7. The molecular weight excluding hydrogens is 567 g/mol. The smallest absolute Gasteiger partial charge is 0.0639 e. The summed E-state index contributed by atoms with van der Waals surface area (Å²) in [5.74, 6) is 0. The van der Waals surface area contributed by atoms with E-state index in [9.17, 15) is 0 Å². The molecule has 0 unspecified atom stereocenters. The average molecular weight is 632 g/mol. The second kappa shape index (κ2) is 24.6. The first-order valence-corrected chi connectivity index (χ1v) is 17.9. The van der Waals surface area contributed by atoms with Crippen molar-refractivity contribution in [1.29, 1.82) is 0 Å². The van der Waals surface area contributed by atoms with E-state index in [1.165, 1.54) is 144 Å². The van der Waals surface area contributed by atoms with Gasteiger partial charge in [0.05, 0.1) is 22.8 Å². The number of hydrogen-bond donors (Lipinski definition) is 0. The number of rotatable bonds is 23. The van der Waals surface area contributed by atoms with Crippen LogP contribution in [0.1, 0.15) is 166 Å². The number of hydrogen-bond acceptors (Lipinski definition) is 2. The van der Waals surface area contributed by atoms with Crippen LogP contribution in [0, 0.1) is 13.8 Å². The summed E-state index contributed by atoms with van der Waals surface area (Å²) in [4.78, 5) is 10.8. The molecule has 0 aromatic heterocycles. The molecule has 0 aliphatic heterocycles. The quantitative estimate of drug-likeness (QED) is 0.0662. The van der Waals surface area contributed by atoms with E-state index in [4.69, 9.17) is 9.98 Å². The van der Waals surface area contributed by atoms with E-state index in [2.05, 4.69) is 77.9 Å². The van der Waals surface area contributed by atoms with E-state index in [1.54, 1.807) is 5.56 Å². The fourth-order valence-electron chi connectivity index (χ4n) is 5.94. The molecule has 0 bridgehead atoms.